The Morgan fingerprint density at radius 1 is 1.25 bits per heavy atom. The first-order chi connectivity index (χ1) is 11.3. The molecule has 0 unspecified atom stereocenters. The van der Waals surface area contributed by atoms with Gasteiger partial charge in [0.15, 0.2) is 5.82 Å². The quantitative estimate of drug-likeness (QED) is 0.836. The van der Waals surface area contributed by atoms with Gasteiger partial charge in [-0.1, -0.05) is 55.3 Å². The minimum absolute atomic E-state index is 0.0164. The van der Waals surface area contributed by atoms with Crippen LogP contribution in [0, 0.1) is 24.2 Å². The SMILES string of the molecule is CC(C)=C[C@H]1[C@H](C(=O)Nc2n[nH]c(-c3ccc(C)cc3)n2)C1(C)C. The predicted octanol–water partition coefficient (Wildman–Crippen LogP) is 3.96. The summed E-state index contributed by atoms with van der Waals surface area (Å²) >= 11 is 0. The fourth-order valence-electron chi connectivity index (χ4n) is 3.19. The second kappa shape index (κ2) is 5.89. The molecule has 2 atom stereocenters. The van der Waals surface area contributed by atoms with Crippen LogP contribution in [0.1, 0.15) is 33.3 Å². The van der Waals surface area contributed by atoms with E-state index in [1.165, 1.54) is 11.1 Å². The number of nitrogens with one attached hydrogen (secondary N) is 2. The lowest BCUT2D eigenvalue weighted by atomic mass is 10.1. The van der Waals surface area contributed by atoms with Gasteiger partial charge in [-0.2, -0.15) is 4.98 Å². The third-order valence-corrected chi connectivity index (χ3v) is 4.75. The maximum Gasteiger partial charge on any atom is 0.249 e. The molecule has 1 fully saturated rings. The zero-order valence-corrected chi connectivity index (χ0v) is 14.8. The first kappa shape index (κ1) is 16.4. The molecule has 126 valence electrons. The van der Waals surface area contributed by atoms with Crippen LogP contribution < -0.4 is 5.32 Å². The standard InChI is InChI=1S/C19H24N4O/c1-11(2)10-14-15(19(14,4)5)17(24)21-18-20-16(22-23-18)13-8-6-12(3)7-9-13/h6-10,14-15H,1-5H3,(H2,20,21,22,23,24)/t14-,15+/m0/s1. The summed E-state index contributed by atoms with van der Waals surface area (Å²) in [6.45, 7) is 10.4. The van der Waals surface area contributed by atoms with Crippen molar-refractivity contribution in [2.24, 2.45) is 17.3 Å². The Labute approximate surface area is 142 Å². The topological polar surface area (TPSA) is 70.7 Å². The van der Waals surface area contributed by atoms with Gasteiger partial charge in [-0.15, -0.1) is 5.10 Å². The lowest BCUT2D eigenvalue weighted by molar-refractivity contribution is -0.118. The van der Waals surface area contributed by atoms with Crippen molar-refractivity contribution < 1.29 is 4.79 Å². The molecule has 1 amide bonds. The summed E-state index contributed by atoms with van der Waals surface area (Å²) in [7, 11) is 0. The number of allylic oxidation sites excluding steroid dienone is 2. The number of benzene rings is 1. The van der Waals surface area contributed by atoms with Gasteiger partial charge in [0.2, 0.25) is 11.9 Å². The first-order valence-electron chi connectivity index (χ1n) is 8.24. The van der Waals surface area contributed by atoms with Crippen LogP contribution in [0.25, 0.3) is 11.4 Å². The molecule has 0 bridgehead atoms. The molecule has 0 saturated heterocycles. The molecule has 3 rings (SSSR count). The van der Waals surface area contributed by atoms with Crippen LogP contribution in [0.3, 0.4) is 0 Å². The van der Waals surface area contributed by atoms with Crippen molar-refractivity contribution >= 4 is 11.9 Å². The Kier molecular flexibility index (Phi) is 4.03. The van der Waals surface area contributed by atoms with E-state index in [0.717, 1.165) is 5.56 Å². The van der Waals surface area contributed by atoms with Gasteiger partial charge >= 0.3 is 0 Å². The molecular formula is C19H24N4O. The molecular weight excluding hydrogens is 300 g/mol. The molecule has 1 aliphatic carbocycles. The normalized spacial score (nSPS) is 21.2. The lowest BCUT2D eigenvalue weighted by Gasteiger charge is -2.01. The van der Waals surface area contributed by atoms with Crippen molar-refractivity contribution in [1.29, 1.82) is 0 Å². The monoisotopic (exact) mass is 324 g/mol. The maximum absolute atomic E-state index is 12.5. The van der Waals surface area contributed by atoms with E-state index in [0.29, 0.717) is 11.8 Å². The number of anilines is 1. The number of rotatable bonds is 4. The van der Waals surface area contributed by atoms with Gasteiger partial charge in [-0.3, -0.25) is 15.2 Å². The summed E-state index contributed by atoms with van der Waals surface area (Å²) in [5, 5.41) is 9.84. The van der Waals surface area contributed by atoms with Gasteiger partial charge in [0.1, 0.15) is 0 Å². The van der Waals surface area contributed by atoms with Crippen LogP contribution in [0.5, 0.6) is 0 Å². The molecule has 1 aromatic carbocycles. The Morgan fingerprint density at radius 2 is 1.92 bits per heavy atom. The van der Waals surface area contributed by atoms with E-state index >= 15 is 0 Å². The van der Waals surface area contributed by atoms with Crippen molar-refractivity contribution in [3.8, 4) is 11.4 Å². The van der Waals surface area contributed by atoms with Crippen LogP contribution in [-0.2, 0) is 4.79 Å². The number of amides is 1. The molecule has 5 heteroatoms. The fraction of sp³-hybridized carbons (Fsp3) is 0.421. The average Bonchev–Trinajstić information content (AvgIpc) is 2.84. The highest BCUT2D eigenvalue weighted by Crippen LogP contribution is 2.59. The smallest absolute Gasteiger partial charge is 0.249 e. The summed E-state index contributed by atoms with van der Waals surface area (Å²) in [5.74, 6) is 1.21. The van der Waals surface area contributed by atoms with Gasteiger partial charge in [-0.25, -0.2) is 0 Å². The Bertz CT molecular complexity index is 782. The van der Waals surface area contributed by atoms with Gasteiger partial charge in [0, 0.05) is 5.56 Å². The van der Waals surface area contributed by atoms with E-state index in [9.17, 15) is 4.79 Å². The van der Waals surface area contributed by atoms with E-state index in [1.54, 1.807) is 0 Å². The van der Waals surface area contributed by atoms with Crippen LogP contribution >= 0.6 is 0 Å². The molecule has 24 heavy (non-hydrogen) atoms. The first-order valence-corrected chi connectivity index (χ1v) is 8.24. The summed E-state index contributed by atoms with van der Waals surface area (Å²) in [6.07, 6.45) is 2.18. The molecule has 1 heterocycles. The van der Waals surface area contributed by atoms with Gasteiger partial charge in [0.05, 0.1) is 5.92 Å². The van der Waals surface area contributed by atoms with Crippen molar-refractivity contribution in [1.82, 2.24) is 15.2 Å². The summed E-state index contributed by atoms with van der Waals surface area (Å²) in [5.41, 5.74) is 3.36. The largest absolute Gasteiger partial charge is 0.293 e. The van der Waals surface area contributed by atoms with Crippen molar-refractivity contribution in [3.63, 3.8) is 0 Å². The van der Waals surface area contributed by atoms with Crippen LogP contribution in [0.15, 0.2) is 35.9 Å². The highest BCUT2D eigenvalue weighted by Gasteiger charge is 2.60. The zero-order chi connectivity index (χ0) is 17.5. The molecule has 1 aromatic heterocycles. The number of H-pyrrole nitrogens is 1. The number of carbonyl (C=O) groups is 1. The van der Waals surface area contributed by atoms with Gasteiger partial charge < -0.3 is 0 Å². The minimum atomic E-state index is -0.0336. The molecule has 5 nitrogen and oxygen atoms in total. The molecule has 1 saturated carbocycles. The number of aromatic amines is 1. The molecule has 0 spiro atoms. The Balaban J connectivity index is 1.70. The van der Waals surface area contributed by atoms with Gasteiger partial charge in [-0.05, 0) is 32.1 Å². The third-order valence-electron chi connectivity index (χ3n) is 4.75. The zero-order valence-electron chi connectivity index (χ0n) is 14.8. The van der Waals surface area contributed by atoms with E-state index in [4.69, 9.17) is 0 Å². The van der Waals surface area contributed by atoms with E-state index in [-0.39, 0.29) is 23.2 Å². The summed E-state index contributed by atoms with van der Waals surface area (Å²) < 4.78 is 0. The highest BCUT2D eigenvalue weighted by molar-refractivity contribution is 5.94. The van der Waals surface area contributed by atoms with E-state index in [2.05, 4.69) is 54.3 Å². The predicted molar refractivity (Wildman–Crippen MR) is 95.4 cm³/mol. The van der Waals surface area contributed by atoms with Crippen LogP contribution in [-0.4, -0.2) is 21.1 Å². The Morgan fingerprint density at radius 3 is 2.54 bits per heavy atom. The highest BCUT2D eigenvalue weighted by atomic mass is 16.2. The fourth-order valence-corrected chi connectivity index (χ4v) is 3.19. The number of hydrogen-bond acceptors (Lipinski definition) is 3. The Hall–Kier alpha value is -2.43. The number of carbonyl (C=O) groups excluding carboxylic acids is 1. The number of aryl methyl sites for hydroxylation is 1. The molecule has 0 aliphatic heterocycles. The van der Waals surface area contributed by atoms with E-state index < -0.39 is 0 Å². The van der Waals surface area contributed by atoms with Crippen molar-refractivity contribution in [3.05, 3.63) is 41.5 Å². The summed E-state index contributed by atoms with van der Waals surface area (Å²) in [4.78, 5) is 16.9. The van der Waals surface area contributed by atoms with Crippen LogP contribution in [0.4, 0.5) is 5.95 Å². The number of nitrogens with zero attached hydrogens (tertiary/aromatic N) is 2. The second-order valence-electron chi connectivity index (χ2n) is 7.43. The lowest BCUT2D eigenvalue weighted by Crippen LogP contribution is -2.17. The minimum Gasteiger partial charge on any atom is -0.293 e. The number of aromatic nitrogens is 3. The van der Waals surface area contributed by atoms with Crippen molar-refractivity contribution in [2.45, 2.75) is 34.6 Å². The molecule has 2 N–H and O–H groups in total. The molecule has 1 aliphatic rings. The van der Waals surface area contributed by atoms with Crippen LogP contribution in [0.2, 0.25) is 0 Å². The van der Waals surface area contributed by atoms with Crippen molar-refractivity contribution in [2.75, 3.05) is 5.32 Å². The molecule has 2 aromatic rings. The van der Waals surface area contributed by atoms with E-state index in [1.807, 2.05) is 31.2 Å². The molecule has 0 radical (unpaired) electrons. The maximum atomic E-state index is 12.5. The van der Waals surface area contributed by atoms with Gasteiger partial charge in [0.25, 0.3) is 0 Å². The second-order valence-corrected chi connectivity index (χ2v) is 7.43. The average molecular weight is 324 g/mol. The number of hydrogen-bond donors (Lipinski definition) is 2. The third kappa shape index (κ3) is 3.11. The summed E-state index contributed by atoms with van der Waals surface area (Å²) in [6, 6.07) is 8.01.